The van der Waals surface area contributed by atoms with Gasteiger partial charge >= 0.3 is 0 Å². The predicted octanol–water partition coefficient (Wildman–Crippen LogP) is 3.02. The molecule has 2 rings (SSSR count). The van der Waals surface area contributed by atoms with Crippen LogP contribution in [0.4, 0.5) is 10.2 Å². The molecule has 1 aliphatic rings. The average Bonchev–Trinajstić information content (AvgIpc) is 2.30. The van der Waals surface area contributed by atoms with Crippen LogP contribution in [-0.2, 0) is 4.79 Å². The summed E-state index contributed by atoms with van der Waals surface area (Å²) in [6.07, 6.45) is 3.97. The van der Waals surface area contributed by atoms with Crippen molar-refractivity contribution in [2.24, 2.45) is 5.92 Å². The normalized spacial score (nSPS) is 28.2. The molecule has 2 heterocycles. The molecule has 0 spiro atoms. The van der Waals surface area contributed by atoms with Crippen LogP contribution in [-0.4, -0.2) is 23.4 Å². The van der Waals surface area contributed by atoms with Gasteiger partial charge in [-0.1, -0.05) is 0 Å². The fraction of sp³-hybridized carbons (Fsp3) is 0.538. The van der Waals surface area contributed by atoms with Crippen LogP contribution < -0.4 is 4.90 Å². The van der Waals surface area contributed by atoms with E-state index in [1.165, 1.54) is 12.3 Å². The molecule has 3 nitrogen and oxygen atoms in total. The highest BCUT2D eigenvalue weighted by molar-refractivity contribution is 14.1. The van der Waals surface area contributed by atoms with Gasteiger partial charge in [0.15, 0.2) is 0 Å². The zero-order chi connectivity index (χ0) is 13.3. The van der Waals surface area contributed by atoms with Crippen molar-refractivity contribution in [1.29, 1.82) is 0 Å². The minimum absolute atomic E-state index is 0.129. The van der Waals surface area contributed by atoms with E-state index in [1.54, 1.807) is 0 Å². The van der Waals surface area contributed by atoms with E-state index in [-0.39, 0.29) is 23.8 Å². The molecule has 0 aromatic carbocycles. The van der Waals surface area contributed by atoms with Crippen LogP contribution in [0.2, 0.25) is 0 Å². The molecule has 0 N–H and O–H groups in total. The summed E-state index contributed by atoms with van der Waals surface area (Å²) in [6.45, 7) is 4.18. The van der Waals surface area contributed by atoms with Gasteiger partial charge in [0, 0.05) is 18.0 Å². The van der Waals surface area contributed by atoms with Gasteiger partial charge in [-0.15, -0.1) is 0 Å². The molecule has 2 atom stereocenters. The van der Waals surface area contributed by atoms with Gasteiger partial charge in [-0.05, 0) is 55.3 Å². The topological polar surface area (TPSA) is 33.2 Å². The number of hydrogen-bond acceptors (Lipinski definition) is 3. The Morgan fingerprint density at radius 3 is 2.56 bits per heavy atom. The third kappa shape index (κ3) is 2.65. The number of aldehydes is 1. The van der Waals surface area contributed by atoms with Crippen molar-refractivity contribution in [2.45, 2.75) is 38.8 Å². The Labute approximate surface area is 120 Å². The van der Waals surface area contributed by atoms with E-state index in [4.69, 9.17) is 0 Å². The van der Waals surface area contributed by atoms with Crippen LogP contribution in [0.25, 0.3) is 0 Å². The Balaban J connectivity index is 2.29. The van der Waals surface area contributed by atoms with Crippen molar-refractivity contribution in [3.8, 4) is 0 Å². The Morgan fingerprint density at radius 2 is 2.06 bits per heavy atom. The van der Waals surface area contributed by atoms with Crippen LogP contribution in [0.15, 0.2) is 12.3 Å². The zero-order valence-corrected chi connectivity index (χ0v) is 12.6. The number of hydrogen-bond donors (Lipinski definition) is 0. The predicted molar refractivity (Wildman–Crippen MR) is 77.1 cm³/mol. The number of aromatic nitrogens is 1. The SMILES string of the molecule is C[C@@H]1CC(C=O)C[C@@H](C)N1c1ncc(F)cc1I. The van der Waals surface area contributed by atoms with Gasteiger partial charge in [-0.3, -0.25) is 0 Å². The standard InChI is InChI=1S/C13H16FIN2O/c1-8-3-10(7-18)4-9(2)17(8)13-12(15)5-11(14)6-16-13/h5-10H,3-4H2,1-2H3/t8-,9-/m1/s1. The molecular formula is C13H16FIN2O. The van der Waals surface area contributed by atoms with E-state index in [0.717, 1.165) is 28.5 Å². The first-order valence-electron chi connectivity index (χ1n) is 6.07. The number of rotatable bonds is 2. The molecule has 0 radical (unpaired) electrons. The fourth-order valence-corrected chi connectivity index (χ4v) is 3.48. The van der Waals surface area contributed by atoms with E-state index >= 15 is 0 Å². The fourth-order valence-electron chi connectivity index (χ4n) is 2.76. The summed E-state index contributed by atoms with van der Waals surface area (Å²) in [5, 5.41) is 0. The summed E-state index contributed by atoms with van der Waals surface area (Å²) < 4.78 is 13.9. The molecule has 0 aliphatic carbocycles. The van der Waals surface area contributed by atoms with Gasteiger partial charge in [0.25, 0.3) is 0 Å². The molecule has 18 heavy (non-hydrogen) atoms. The van der Waals surface area contributed by atoms with Crippen molar-refractivity contribution < 1.29 is 9.18 Å². The van der Waals surface area contributed by atoms with E-state index < -0.39 is 0 Å². The number of piperidine rings is 1. The quantitative estimate of drug-likeness (QED) is 0.599. The zero-order valence-electron chi connectivity index (χ0n) is 10.4. The van der Waals surface area contributed by atoms with Crippen molar-refractivity contribution in [3.05, 3.63) is 21.7 Å². The van der Waals surface area contributed by atoms with Crippen molar-refractivity contribution in [2.75, 3.05) is 4.90 Å². The third-order valence-corrected chi connectivity index (χ3v) is 4.26. The smallest absolute Gasteiger partial charge is 0.142 e. The van der Waals surface area contributed by atoms with Gasteiger partial charge < -0.3 is 9.69 Å². The highest BCUT2D eigenvalue weighted by Crippen LogP contribution is 2.32. The summed E-state index contributed by atoms with van der Waals surface area (Å²) in [5.74, 6) is 0.636. The maximum Gasteiger partial charge on any atom is 0.142 e. The van der Waals surface area contributed by atoms with E-state index in [0.29, 0.717) is 0 Å². The summed E-state index contributed by atoms with van der Waals surface area (Å²) in [4.78, 5) is 17.3. The second-order valence-electron chi connectivity index (χ2n) is 4.93. The molecule has 1 aliphatic heterocycles. The first-order chi connectivity index (χ1) is 8.52. The summed E-state index contributed by atoms with van der Waals surface area (Å²) in [6, 6.07) is 1.99. The Kier molecular flexibility index (Phi) is 4.19. The van der Waals surface area contributed by atoms with Gasteiger partial charge in [0.1, 0.15) is 17.9 Å². The number of halogens is 2. The van der Waals surface area contributed by atoms with E-state index in [1.807, 2.05) is 0 Å². The lowest BCUT2D eigenvalue weighted by Crippen LogP contribution is -2.47. The second kappa shape index (κ2) is 5.50. The number of carbonyl (C=O) groups is 1. The van der Waals surface area contributed by atoms with E-state index in [9.17, 15) is 9.18 Å². The summed E-state index contributed by atoms with van der Waals surface area (Å²) >= 11 is 2.11. The van der Waals surface area contributed by atoms with E-state index in [2.05, 4.69) is 46.3 Å². The second-order valence-corrected chi connectivity index (χ2v) is 6.09. The molecule has 1 fully saturated rings. The lowest BCUT2D eigenvalue weighted by molar-refractivity contribution is -0.112. The minimum atomic E-state index is -0.314. The van der Waals surface area contributed by atoms with Gasteiger partial charge in [0.05, 0.1) is 9.77 Å². The van der Waals surface area contributed by atoms with Crippen LogP contribution in [0.1, 0.15) is 26.7 Å². The molecule has 5 heteroatoms. The number of pyridine rings is 1. The number of anilines is 1. The van der Waals surface area contributed by atoms with Crippen molar-refractivity contribution in [3.63, 3.8) is 0 Å². The molecule has 1 aromatic heterocycles. The molecule has 0 amide bonds. The van der Waals surface area contributed by atoms with Crippen LogP contribution in [0, 0.1) is 15.3 Å². The van der Waals surface area contributed by atoms with Crippen LogP contribution in [0.5, 0.6) is 0 Å². The number of nitrogens with zero attached hydrogens (tertiary/aromatic N) is 2. The maximum absolute atomic E-state index is 13.1. The van der Waals surface area contributed by atoms with Gasteiger partial charge in [0.2, 0.25) is 0 Å². The summed E-state index contributed by atoms with van der Waals surface area (Å²) in [7, 11) is 0. The largest absolute Gasteiger partial charge is 0.350 e. The average molecular weight is 362 g/mol. The Hall–Kier alpha value is -0.720. The van der Waals surface area contributed by atoms with Crippen molar-refractivity contribution in [1.82, 2.24) is 4.98 Å². The van der Waals surface area contributed by atoms with Crippen LogP contribution >= 0.6 is 22.6 Å². The highest BCUT2D eigenvalue weighted by Gasteiger charge is 2.32. The lowest BCUT2D eigenvalue weighted by atomic mass is 9.88. The van der Waals surface area contributed by atoms with Gasteiger partial charge in [-0.2, -0.15) is 0 Å². The van der Waals surface area contributed by atoms with Gasteiger partial charge in [-0.25, -0.2) is 9.37 Å². The first kappa shape index (κ1) is 13.7. The van der Waals surface area contributed by atoms with Crippen molar-refractivity contribution >= 4 is 34.7 Å². The molecule has 0 saturated carbocycles. The molecule has 98 valence electrons. The summed E-state index contributed by atoms with van der Waals surface area (Å²) in [5.41, 5.74) is 0. The first-order valence-corrected chi connectivity index (χ1v) is 7.15. The molecule has 1 saturated heterocycles. The monoisotopic (exact) mass is 362 g/mol. The Morgan fingerprint density at radius 1 is 1.44 bits per heavy atom. The maximum atomic E-state index is 13.1. The minimum Gasteiger partial charge on any atom is -0.350 e. The Bertz CT molecular complexity index is 443. The highest BCUT2D eigenvalue weighted by atomic mass is 127. The molecule has 1 aromatic rings. The van der Waals surface area contributed by atoms with Crippen LogP contribution in [0.3, 0.4) is 0 Å². The lowest BCUT2D eigenvalue weighted by Gasteiger charge is -2.42. The third-order valence-electron chi connectivity index (χ3n) is 3.46. The molecule has 0 bridgehead atoms. The number of carbonyl (C=O) groups excluding carboxylic acids is 1. The molecular weight excluding hydrogens is 346 g/mol. The molecule has 0 unspecified atom stereocenters.